The Labute approximate surface area is 153 Å². The summed E-state index contributed by atoms with van der Waals surface area (Å²) in [5.41, 5.74) is 2.45. The molecule has 5 nitrogen and oxygen atoms in total. The van der Waals surface area contributed by atoms with Gasteiger partial charge in [0, 0.05) is 11.9 Å². The normalized spacial score (nSPS) is 11.2. The molecule has 0 aliphatic heterocycles. The minimum atomic E-state index is -0.573. The molecule has 0 spiro atoms. The summed E-state index contributed by atoms with van der Waals surface area (Å²) in [7, 11) is 0. The summed E-state index contributed by atoms with van der Waals surface area (Å²) in [5.74, 6) is -0.573. The van der Waals surface area contributed by atoms with Crippen molar-refractivity contribution in [3.63, 3.8) is 0 Å². The number of nitriles is 2. The summed E-state index contributed by atoms with van der Waals surface area (Å²) >= 11 is 0. The van der Waals surface area contributed by atoms with E-state index in [0.717, 1.165) is 11.3 Å². The van der Waals surface area contributed by atoms with E-state index in [9.17, 15) is 10.1 Å². The number of nitrogens with zero attached hydrogens (tertiary/aromatic N) is 2. The lowest BCUT2D eigenvalue weighted by Gasteiger charge is -2.22. The molecule has 0 saturated heterocycles. The SMILES string of the molecule is CC(C)(C)c1ccccc1N/C=C(/C#N)C(=O)Nc1ccccc1C#N. The molecule has 26 heavy (non-hydrogen) atoms. The van der Waals surface area contributed by atoms with Crippen molar-refractivity contribution in [3.8, 4) is 12.1 Å². The van der Waals surface area contributed by atoms with Crippen molar-refractivity contribution in [2.45, 2.75) is 26.2 Å². The predicted molar refractivity (Wildman–Crippen MR) is 102 cm³/mol. The summed E-state index contributed by atoms with van der Waals surface area (Å²) in [6.45, 7) is 6.27. The molecular formula is C21H20N4O. The van der Waals surface area contributed by atoms with Crippen LogP contribution in [0, 0.1) is 22.7 Å². The molecule has 2 N–H and O–H groups in total. The van der Waals surface area contributed by atoms with Crippen LogP contribution in [-0.4, -0.2) is 5.91 Å². The van der Waals surface area contributed by atoms with Gasteiger partial charge in [-0.1, -0.05) is 51.1 Å². The molecule has 2 aromatic carbocycles. The van der Waals surface area contributed by atoms with Gasteiger partial charge in [0.25, 0.3) is 5.91 Å². The second kappa shape index (κ2) is 8.00. The largest absolute Gasteiger partial charge is 0.360 e. The van der Waals surface area contributed by atoms with Gasteiger partial charge in [-0.25, -0.2) is 0 Å². The van der Waals surface area contributed by atoms with Crippen molar-refractivity contribution in [2.24, 2.45) is 0 Å². The fourth-order valence-electron chi connectivity index (χ4n) is 2.44. The van der Waals surface area contributed by atoms with E-state index in [1.807, 2.05) is 36.4 Å². The fourth-order valence-corrected chi connectivity index (χ4v) is 2.44. The predicted octanol–water partition coefficient (Wildman–Crippen LogP) is 4.31. The third-order valence-electron chi connectivity index (χ3n) is 3.77. The average molecular weight is 344 g/mol. The van der Waals surface area contributed by atoms with Crippen LogP contribution in [0.4, 0.5) is 11.4 Å². The van der Waals surface area contributed by atoms with Crippen LogP contribution in [0.5, 0.6) is 0 Å². The Morgan fingerprint density at radius 2 is 1.62 bits per heavy atom. The molecule has 2 rings (SSSR count). The van der Waals surface area contributed by atoms with E-state index in [1.165, 1.54) is 6.20 Å². The molecule has 0 atom stereocenters. The van der Waals surface area contributed by atoms with Crippen molar-refractivity contribution in [2.75, 3.05) is 10.6 Å². The van der Waals surface area contributed by atoms with E-state index in [4.69, 9.17) is 5.26 Å². The minimum Gasteiger partial charge on any atom is -0.360 e. The molecule has 0 radical (unpaired) electrons. The Morgan fingerprint density at radius 3 is 2.23 bits per heavy atom. The third kappa shape index (κ3) is 4.49. The van der Waals surface area contributed by atoms with Crippen molar-refractivity contribution >= 4 is 17.3 Å². The molecule has 0 heterocycles. The minimum absolute atomic E-state index is 0.0820. The number of amides is 1. The van der Waals surface area contributed by atoms with Crippen molar-refractivity contribution in [3.05, 3.63) is 71.4 Å². The number of carbonyl (C=O) groups excluding carboxylic acids is 1. The van der Waals surface area contributed by atoms with E-state index in [-0.39, 0.29) is 11.0 Å². The number of rotatable bonds is 4. The number of benzene rings is 2. The Balaban J connectivity index is 2.23. The van der Waals surface area contributed by atoms with E-state index < -0.39 is 5.91 Å². The number of hydrogen-bond acceptors (Lipinski definition) is 4. The Kier molecular flexibility index (Phi) is 5.78. The second-order valence-corrected chi connectivity index (χ2v) is 6.72. The molecule has 2 aromatic rings. The molecule has 0 unspecified atom stereocenters. The maximum atomic E-state index is 12.4. The lowest BCUT2D eigenvalue weighted by atomic mass is 9.86. The summed E-state index contributed by atoms with van der Waals surface area (Å²) in [5, 5.41) is 24.1. The van der Waals surface area contributed by atoms with Gasteiger partial charge in [0.1, 0.15) is 17.7 Å². The number of anilines is 2. The third-order valence-corrected chi connectivity index (χ3v) is 3.77. The number of nitrogens with one attached hydrogen (secondary N) is 2. The first-order valence-electron chi connectivity index (χ1n) is 8.13. The molecule has 0 aromatic heterocycles. The van der Waals surface area contributed by atoms with Gasteiger partial charge in [-0.2, -0.15) is 10.5 Å². The number of para-hydroxylation sites is 2. The summed E-state index contributed by atoms with van der Waals surface area (Å²) in [4.78, 5) is 12.4. The van der Waals surface area contributed by atoms with Crippen LogP contribution in [-0.2, 0) is 10.2 Å². The van der Waals surface area contributed by atoms with Crippen LogP contribution in [0.2, 0.25) is 0 Å². The van der Waals surface area contributed by atoms with E-state index in [2.05, 4.69) is 31.4 Å². The maximum absolute atomic E-state index is 12.4. The lowest BCUT2D eigenvalue weighted by molar-refractivity contribution is -0.112. The Bertz CT molecular complexity index is 924. The average Bonchev–Trinajstić information content (AvgIpc) is 2.62. The fraction of sp³-hybridized carbons (Fsp3) is 0.190. The number of carbonyl (C=O) groups is 1. The van der Waals surface area contributed by atoms with Crippen molar-refractivity contribution < 1.29 is 4.79 Å². The topological polar surface area (TPSA) is 88.7 Å². The molecule has 130 valence electrons. The van der Waals surface area contributed by atoms with Gasteiger partial charge < -0.3 is 10.6 Å². The van der Waals surface area contributed by atoms with Gasteiger partial charge >= 0.3 is 0 Å². The summed E-state index contributed by atoms with van der Waals surface area (Å²) in [6, 6.07) is 18.3. The molecule has 1 amide bonds. The van der Waals surface area contributed by atoms with Gasteiger partial charge in [-0.15, -0.1) is 0 Å². The Hall–Kier alpha value is -3.57. The molecule has 5 heteroatoms. The molecule has 0 bridgehead atoms. The quantitative estimate of drug-likeness (QED) is 0.639. The monoisotopic (exact) mass is 344 g/mol. The molecular weight excluding hydrogens is 324 g/mol. The van der Waals surface area contributed by atoms with Crippen molar-refractivity contribution in [1.82, 2.24) is 0 Å². The first-order chi connectivity index (χ1) is 12.4. The zero-order valence-corrected chi connectivity index (χ0v) is 15.0. The molecule has 0 fully saturated rings. The van der Waals surface area contributed by atoms with Crippen LogP contribution in [0.1, 0.15) is 31.9 Å². The highest BCUT2D eigenvalue weighted by molar-refractivity contribution is 6.07. The zero-order chi connectivity index (χ0) is 19.2. The van der Waals surface area contributed by atoms with Crippen LogP contribution in [0.15, 0.2) is 60.3 Å². The van der Waals surface area contributed by atoms with Crippen LogP contribution < -0.4 is 10.6 Å². The standard InChI is InChI=1S/C21H20N4O/c1-21(2,3)17-9-5-7-11-19(17)24-14-16(13-23)20(26)25-18-10-6-4-8-15(18)12-22/h4-11,14,24H,1-3H3,(H,25,26)/b16-14-. The van der Waals surface area contributed by atoms with Gasteiger partial charge in [0.15, 0.2) is 0 Å². The highest BCUT2D eigenvalue weighted by Gasteiger charge is 2.17. The first-order valence-corrected chi connectivity index (χ1v) is 8.13. The Morgan fingerprint density at radius 1 is 1.00 bits per heavy atom. The second-order valence-electron chi connectivity index (χ2n) is 6.72. The van der Waals surface area contributed by atoms with Gasteiger partial charge in [-0.05, 0) is 29.2 Å². The molecule has 0 saturated carbocycles. The lowest BCUT2D eigenvalue weighted by Crippen LogP contribution is -2.16. The van der Waals surface area contributed by atoms with Crippen molar-refractivity contribution in [1.29, 1.82) is 10.5 Å². The van der Waals surface area contributed by atoms with Gasteiger partial charge in [0.05, 0.1) is 11.3 Å². The van der Waals surface area contributed by atoms with E-state index in [0.29, 0.717) is 11.3 Å². The highest BCUT2D eigenvalue weighted by Crippen LogP contribution is 2.29. The smallest absolute Gasteiger partial charge is 0.267 e. The first kappa shape index (κ1) is 18.8. The summed E-state index contributed by atoms with van der Waals surface area (Å²) < 4.78 is 0. The maximum Gasteiger partial charge on any atom is 0.267 e. The highest BCUT2D eigenvalue weighted by atomic mass is 16.1. The molecule has 0 aliphatic rings. The number of hydrogen-bond donors (Lipinski definition) is 2. The van der Waals surface area contributed by atoms with Crippen LogP contribution in [0.25, 0.3) is 0 Å². The van der Waals surface area contributed by atoms with Crippen LogP contribution in [0.3, 0.4) is 0 Å². The summed E-state index contributed by atoms with van der Waals surface area (Å²) in [6.07, 6.45) is 1.38. The van der Waals surface area contributed by atoms with Gasteiger partial charge in [0.2, 0.25) is 0 Å². The van der Waals surface area contributed by atoms with Crippen LogP contribution >= 0.6 is 0 Å². The molecule has 0 aliphatic carbocycles. The van der Waals surface area contributed by atoms with Gasteiger partial charge in [-0.3, -0.25) is 4.79 Å². The van der Waals surface area contributed by atoms with E-state index in [1.54, 1.807) is 24.3 Å². The zero-order valence-electron chi connectivity index (χ0n) is 15.0. The van der Waals surface area contributed by atoms with E-state index >= 15 is 0 Å².